The van der Waals surface area contributed by atoms with Crippen molar-refractivity contribution in [3.63, 3.8) is 0 Å². The van der Waals surface area contributed by atoms with Crippen molar-refractivity contribution in [2.24, 2.45) is 4.99 Å². The lowest BCUT2D eigenvalue weighted by Crippen LogP contribution is -2.46. The number of nitrogens with zero attached hydrogens (tertiary/aromatic N) is 3. The molecule has 7 nitrogen and oxygen atoms in total. The Hall–Kier alpha value is -2.09. The van der Waals surface area contributed by atoms with Crippen LogP contribution < -0.4 is 10.6 Å². The highest BCUT2D eigenvalue weighted by Crippen LogP contribution is 2.27. The third kappa shape index (κ3) is 6.20. The van der Waals surface area contributed by atoms with Crippen molar-refractivity contribution < 1.29 is 9.26 Å². The van der Waals surface area contributed by atoms with Crippen LogP contribution in [0.4, 0.5) is 0 Å². The number of hydrogen-bond acceptors (Lipinski definition) is 5. The van der Waals surface area contributed by atoms with Crippen molar-refractivity contribution in [1.82, 2.24) is 20.7 Å². The summed E-state index contributed by atoms with van der Waals surface area (Å²) in [5, 5.41) is 11.7. The van der Waals surface area contributed by atoms with Crippen LogP contribution in [-0.4, -0.2) is 55.4 Å². The predicted octanol–water partition coefficient (Wildman–Crippen LogP) is 3.58. The number of halogens is 1. The average molecular weight is 434 g/mol. The Kier molecular flexibility index (Phi) is 8.54. The molecule has 0 radical (unpaired) electrons. The van der Waals surface area contributed by atoms with Gasteiger partial charge >= 0.3 is 0 Å². The Labute approximate surface area is 183 Å². The Morgan fingerprint density at radius 2 is 2.00 bits per heavy atom. The highest BCUT2D eigenvalue weighted by Gasteiger charge is 2.24. The van der Waals surface area contributed by atoms with Gasteiger partial charge in [-0.05, 0) is 24.5 Å². The molecule has 3 rings (SSSR count). The van der Waals surface area contributed by atoms with Crippen molar-refractivity contribution in [2.45, 2.75) is 39.3 Å². The summed E-state index contributed by atoms with van der Waals surface area (Å²) in [5.41, 5.74) is 2.06. The molecule has 30 heavy (non-hydrogen) atoms. The number of nitrogens with one attached hydrogen (secondary N) is 2. The van der Waals surface area contributed by atoms with Gasteiger partial charge in [-0.25, -0.2) is 4.99 Å². The van der Waals surface area contributed by atoms with E-state index in [0.717, 1.165) is 60.8 Å². The maximum atomic E-state index is 6.53. The number of aliphatic imine (C=N–C) groups is 1. The first kappa shape index (κ1) is 22.6. The normalized spacial score (nSPS) is 16.6. The van der Waals surface area contributed by atoms with Gasteiger partial charge in [-0.2, -0.15) is 0 Å². The third-order valence-electron chi connectivity index (χ3n) is 5.12. The van der Waals surface area contributed by atoms with Gasteiger partial charge in [0, 0.05) is 37.3 Å². The molecular weight excluding hydrogens is 402 g/mol. The Bertz CT molecular complexity index is 817. The van der Waals surface area contributed by atoms with Gasteiger partial charge in [-0.1, -0.05) is 48.8 Å². The van der Waals surface area contributed by atoms with Gasteiger partial charge in [-0.3, -0.25) is 4.90 Å². The zero-order valence-corrected chi connectivity index (χ0v) is 18.8. The summed E-state index contributed by atoms with van der Waals surface area (Å²) in [6.45, 7) is 11.4. The fraction of sp³-hybridized carbons (Fsp3) is 0.545. The van der Waals surface area contributed by atoms with Crippen molar-refractivity contribution in [2.75, 3.05) is 39.4 Å². The monoisotopic (exact) mass is 433 g/mol. The van der Waals surface area contributed by atoms with Crippen LogP contribution in [-0.2, 0) is 11.3 Å². The summed E-state index contributed by atoms with van der Waals surface area (Å²) >= 11 is 6.53. The summed E-state index contributed by atoms with van der Waals surface area (Å²) in [5.74, 6) is 1.83. The van der Waals surface area contributed by atoms with Gasteiger partial charge in [-0.15, -0.1) is 0 Å². The summed E-state index contributed by atoms with van der Waals surface area (Å²) < 4.78 is 10.9. The SMILES string of the molecule is CCNC(=NCc1cc(C(C)C)no1)NCC(c1ccccc1Cl)N1CCOCC1. The molecule has 164 valence electrons. The fourth-order valence-electron chi connectivity index (χ4n) is 3.44. The molecule has 0 saturated carbocycles. The lowest BCUT2D eigenvalue weighted by Gasteiger charge is -2.35. The first-order valence-electron chi connectivity index (χ1n) is 10.6. The van der Waals surface area contributed by atoms with Crippen LogP contribution in [0.5, 0.6) is 0 Å². The molecule has 1 unspecified atom stereocenters. The largest absolute Gasteiger partial charge is 0.379 e. The molecule has 0 aliphatic carbocycles. The molecule has 1 aromatic carbocycles. The summed E-state index contributed by atoms with van der Waals surface area (Å²) in [6.07, 6.45) is 0. The van der Waals surface area contributed by atoms with Gasteiger partial charge < -0.3 is 19.9 Å². The molecule has 1 saturated heterocycles. The maximum absolute atomic E-state index is 6.53. The molecule has 8 heteroatoms. The van der Waals surface area contributed by atoms with Gasteiger partial charge in [0.15, 0.2) is 11.7 Å². The topological polar surface area (TPSA) is 74.9 Å². The molecule has 1 fully saturated rings. The van der Waals surface area contributed by atoms with E-state index in [0.29, 0.717) is 19.0 Å². The molecule has 1 atom stereocenters. The molecule has 2 heterocycles. The fourth-order valence-corrected chi connectivity index (χ4v) is 3.70. The number of hydrogen-bond donors (Lipinski definition) is 2. The van der Waals surface area contributed by atoms with Gasteiger partial charge in [0.25, 0.3) is 0 Å². The molecule has 0 spiro atoms. The smallest absolute Gasteiger partial charge is 0.191 e. The zero-order chi connectivity index (χ0) is 21.3. The van der Waals surface area contributed by atoms with Crippen LogP contribution in [0, 0.1) is 0 Å². The second-order valence-electron chi connectivity index (χ2n) is 7.63. The first-order valence-corrected chi connectivity index (χ1v) is 11.0. The Balaban J connectivity index is 1.70. The van der Waals surface area contributed by atoms with E-state index in [-0.39, 0.29) is 6.04 Å². The third-order valence-corrected chi connectivity index (χ3v) is 5.46. The minimum Gasteiger partial charge on any atom is -0.379 e. The minimum absolute atomic E-state index is 0.129. The predicted molar refractivity (Wildman–Crippen MR) is 120 cm³/mol. The molecule has 1 aliphatic heterocycles. The van der Waals surface area contributed by atoms with E-state index in [9.17, 15) is 0 Å². The van der Waals surface area contributed by atoms with E-state index in [4.69, 9.17) is 20.9 Å². The molecule has 1 aromatic heterocycles. The quantitative estimate of drug-likeness (QED) is 0.489. The standard InChI is InChI=1S/C22H32ClN5O2/c1-4-24-22(25-14-17-13-20(16(2)3)27-30-17)26-15-21(28-9-11-29-12-10-28)18-7-5-6-8-19(18)23/h5-8,13,16,21H,4,9-12,14-15H2,1-3H3,(H2,24,25,26). The van der Waals surface area contributed by atoms with Gasteiger partial charge in [0.2, 0.25) is 0 Å². The second-order valence-corrected chi connectivity index (χ2v) is 8.04. The number of aromatic nitrogens is 1. The van der Waals surface area contributed by atoms with E-state index in [2.05, 4.69) is 52.5 Å². The van der Waals surface area contributed by atoms with Crippen LogP contribution in [0.25, 0.3) is 0 Å². The molecule has 1 aliphatic rings. The van der Waals surface area contributed by atoms with Crippen LogP contribution in [0.2, 0.25) is 5.02 Å². The summed E-state index contributed by atoms with van der Waals surface area (Å²) in [6, 6.07) is 10.1. The Morgan fingerprint density at radius 3 is 2.67 bits per heavy atom. The van der Waals surface area contributed by atoms with Crippen molar-refractivity contribution >= 4 is 17.6 Å². The molecule has 0 bridgehead atoms. The minimum atomic E-state index is 0.129. The van der Waals surface area contributed by atoms with Crippen molar-refractivity contribution in [3.05, 3.63) is 52.4 Å². The number of rotatable bonds is 8. The number of morpholine rings is 1. The molecule has 0 amide bonds. The lowest BCUT2D eigenvalue weighted by atomic mass is 10.0. The van der Waals surface area contributed by atoms with Crippen molar-refractivity contribution in [3.8, 4) is 0 Å². The molecule has 2 N–H and O–H groups in total. The van der Waals surface area contributed by atoms with E-state index < -0.39 is 0 Å². The first-order chi connectivity index (χ1) is 14.6. The maximum Gasteiger partial charge on any atom is 0.191 e. The Morgan fingerprint density at radius 1 is 1.23 bits per heavy atom. The van der Waals surface area contributed by atoms with Gasteiger partial charge in [0.1, 0.15) is 6.54 Å². The van der Waals surface area contributed by atoms with Crippen LogP contribution in [0.15, 0.2) is 39.8 Å². The van der Waals surface area contributed by atoms with Crippen LogP contribution in [0.1, 0.15) is 49.7 Å². The van der Waals surface area contributed by atoms with E-state index >= 15 is 0 Å². The highest BCUT2D eigenvalue weighted by atomic mass is 35.5. The lowest BCUT2D eigenvalue weighted by molar-refractivity contribution is 0.0170. The second kappa shape index (κ2) is 11.3. The summed E-state index contributed by atoms with van der Waals surface area (Å²) in [7, 11) is 0. The van der Waals surface area contributed by atoms with Crippen molar-refractivity contribution in [1.29, 1.82) is 0 Å². The highest BCUT2D eigenvalue weighted by molar-refractivity contribution is 6.31. The molecule has 2 aromatic rings. The number of ether oxygens (including phenoxy) is 1. The number of guanidine groups is 1. The van der Waals surface area contributed by atoms with E-state index in [1.165, 1.54) is 0 Å². The number of benzene rings is 1. The van der Waals surface area contributed by atoms with Crippen LogP contribution in [0.3, 0.4) is 0 Å². The summed E-state index contributed by atoms with van der Waals surface area (Å²) in [4.78, 5) is 7.08. The van der Waals surface area contributed by atoms with Gasteiger partial charge in [0.05, 0.1) is 24.9 Å². The molecular formula is C22H32ClN5O2. The van der Waals surface area contributed by atoms with E-state index in [1.54, 1.807) is 0 Å². The van der Waals surface area contributed by atoms with Crippen LogP contribution >= 0.6 is 11.6 Å². The van der Waals surface area contributed by atoms with E-state index in [1.807, 2.05) is 24.3 Å². The average Bonchev–Trinajstić information content (AvgIpc) is 3.23. The zero-order valence-electron chi connectivity index (χ0n) is 18.0.